The van der Waals surface area contributed by atoms with Gasteiger partial charge in [0.1, 0.15) is 11.5 Å². The molecule has 2 aromatic rings. The Labute approximate surface area is 140 Å². The van der Waals surface area contributed by atoms with Crippen molar-refractivity contribution < 1.29 is 23.8 Å². The van der Waals surface area contributed by atoms with Crippen LogP contribution in [0.4, 0.5) is 0 Å². The molecule has 1 atom stereocenters. The molecule has 0 spiro atoms. The third-order valence-electron chi connectivity index (χ3n) is 3.76. The summed E-state index contributed by atoms with van der Waals surface area (Å²) in [5, 5.41) is 12.1. The summed E-state index contributed by atoms with van der Waals surface area (Å²) in [5.74, 6) is -0.662. The van der Waals surface area contributed by atoms with Crippen LogP contribution in [-0.4, -0.2) is 30.6 Å². The third-order valence-corrected chi connectivity index (χ3v) is 3.76. The van der Waals surface area contributed by atoms with Crippen LogP contribution in [0.15, 0.2) is 34.7 Å². The number of furan rings is 1. The molecule has 0 aliphatic heterocycles. The van der Waals surface area contributed by atoms with Gasteiger partial charge in [0.2, 0.25) is 0 Å². The van der Waals surface area contributed by atoms with Gasteiger partial charge >= 0.3 is 5.97 Å². The molecule has 0 fully saturated rings. The molecule has 1 amide bonds. The molecule has 0 saturated heterocycles. The van der Waals surface area contributed by atoms with Crippen molar-refractivity contribution in [3.8, 4) is 5.75 Å². The Kier molecular flexibility index (Phi) is 5.63. The Bertz CT molecular complexity index is 735. The number of para-hydroxylation sites is 1. The highest BCUT2D eigenvalue weighted by atomic mass is 16.5. The molecular weight excluding hydrogens is 310 g/mol. The fourth-order valence-corrected chi connectivity index (χ4v) is 2.55. The maximum atomic E-state index is 12.2. The maximum Gasteiger partial charge on any atom is 0.308 e. The van der Waals surface area contributed by atoms with Crippen LogP contribution >= 0.6 is 0 Å². The third kappa shape index (κ3) is 4.16. The van der Waals surface area contributed by atoms with E-state index in [0.717, 1.165) is 11.1 Å². The van der Waals surface area contributed by atoms with Crippen molar-refractivity contribution in [2.24, 2.45) is 5.92 Å². The predicted octanol–water partition coefficient (Wildman–Crippen LogP) is 2.58. The van der Waals surface area contributed by atoms with Gasteiger partial charge in [0.25, 0.3) is 5.91 Å². The number of carbonyl (C=O) groups excluding carboxylic acids is 1. The molecule has 2 rings (SSSR count). The van der Waals surface area contributed by atoms with Gasteiger partial charge in [-0.3, -0.25) is 9.59 Å². The normalized spacial score (nSPS) is 11.8. The second kappa shape index (κ2) is 7.68. The van der Waals surface area contributed by atoms with Gasteiger partial charge in [-0.1, -0.05) is 18.2 Å². The summed E-state index contributed by atoms with van der Waals surface area (Å²) in [5.41, 5.74) is 1.51. The second-order valence-corrected chi connectivity index (χ2v) is 5.63. The number of methoxy groups -OCH3 is 1. The van der Waals surface area contributed by atoms with Crippen molar-refractivity contribution in [2.45, 2.75) is 20.3 Å². The minimum Gasteiger partial charge on any atom is -0.496 e. The smallest absolute Gasteiger partial charge is 0.308 e. The Morgan fingerprint density at radius 1 is 1.29 bits per heavy atom. The fraction of sp³-hybridized carbons (Fsp3) is 0.333. The molecule has 1 aromatic heterocycles. The topological polar surface area (TPSA) is 88.8 Å². The van der Waals surface area contributed by atoms with Crippen molar-refractivity contribution in [1.82, 2.24) is 5.32 Å². The molecule has 1 heterocycles. The largest absolute Gasteiger partial charge is 0.496 e. The van der Waals surface area contributed by atoms with E-state index in [9.17, 15) is 14.7 Å². The van der Waals surface area contributed by atoms with Gasteiger partial charge in [0.15, 0.2) is 5.76 Å². The number of carboxylic acids is 1. The van der Waals surface area contributed by atoms with E-state index in [0.29, 0.717) is 11.5 Å². The number of hydrogen-bond acceptors (Lipinski definition) is 4. The van der Waals surface area contributed by atoms with Crippen molar-refractivity contribution >= 4 is 11.9 Å². The average Bonchev–Trinajstić information content (AvgIpc) is 2.89. The van der Waals surface area contributed by atoms with E-state index in [4.69, 9.17) is 9.15 Å². The number of carbonyl (C=O) groups is 2. The summed E-state index contributed by atoms with van der Waals surface area (Å²) in [6.45, 7) is 3.53. The van der Waals surface area contributed by atoms with Gasteiger partial charge < -0.3 is 19.6 Å². The SMILES string of the molecule is COc1ccccc1CC(CNC(=O)c1oc(C)cc1C)C(=O)O. The number of rotatable bonds is 7. The molecule has 0 bridgehead atoms. The van der Waals surface area contributed by atoms with Gasteiger partial charge in [-0.2, -0.15) is 0 Å². The molecule has 128 valence electrons. The minimum absolute atomic E-state index is 0.00536. The molecule has 0 aliphatic carbocycles. The highest BCUT2D eigenvalue weighted by Crippen LogP contribution is 2.21. The van der Waals surface area contributed by atoms with E-state index >= 15 is 0 Å². The first-order valence-electron chi connectivity index (χ1n) is 7.62. The van der Waals surface area contributed by atoms with Crippen LogP contribution < -0.4 is 10.1 Å². The highest BCUT2D eigenvalue weighted by Gasteiger charge is 2.22. The van der Waals surface area contributed by atoms with Crippen LogP contribution in [0.1, 0.15) is 27.4 Å². The van der Waals surface area contributed by atoms with Gasteiger partial charge in [0, 0.05) is 12.1 Å². The molecular formula is C18H21NO5. The lowest BCUT2D eigenvalue weighted by Crippen LogP contribution is -2.34. The zero-order valence-electron chi connectivity index (χ0n) is 14.0. The first-order chi connectivity index (χ1) is 11.4. The number of aryl methyl sites for hydroxylation is 2. The van der Waals surface area contributed by atoms with Crippen LogP contribution in [0.5, 0.6) is 5.75 Å². The Balaban J connectivity index is 2.05. The number of carboxylic acid groups (broad SMARTS) is 1. The maximum absolute atomic E-state index is 12.2. The Morgan fingerprint density at radius 3 is 2.58 bits per heavy atom. The molecule has 6 nitrogen and oxygen atoms in total. The zero-order valence-corrected chi connectivity index (χ0v) is 14.0. The van der Waals surface area contributed by atoms with Gasteiger partial charge in [0.05, 0.1) is 13.0 Å². The lowest BCUT2D eigenvalue weighted by Gasteiger charge is -2.15. The fourth-order valence-electron chi connectivity index (χ4n) is 2.55. The van der Waals surface area contributed by atoms with Crippen LogP contribution in [0.3, 0.4) is 0 Å². The number of benzene rings is 1. The Morgan fingerprint density at radius 2 is 2.00 bits per heavy atom. The minimum atomic E-state index is -0.978. The molecule has 2 N–H and O–H groups in total. The Hall–Kier alpha value is -2.76. The van der Waals surface area contributed by atoms with E-state index in [1.54, 1.807) is 33.1 Å². The zero-order chi connectivity index (χ0) is 17.7. The first kappa shape index (κ1) is 17.6. The van der Waals surface area contributed by atoms with Crippen LogP contribution in [0.2, 0.25) is 0 Å². The number of nitrogens with one attached hydrogen (secondary N) is 1. The molecule has 6 heteroatoms. The molecule has 1 unspecified atom stereocenters. The summed E-state index contributed by atoms with van der Waals surface area (Å²) in [6.07, 6.45) is 0.260. The van der Waals surface area contributed by atoms with Crippen molar-refractivity contribution in [3.05, 3.63) is 53.0 Å². The number of aliphatic carboxylic acids is 1. The van der Waals surface area contributed by atoms with Crippen LogP contribution in [0, 0.1) is 19.8 Å². The second-order valence-electron chi connectivity index (χ2n) is 5.63. The molecule has 0 aliphatic rings. The van der Waals surface area contributed by atoms with E-state index < -0.39 is 17.8 Å². The molecule has 1 aromatic carbocycles. The average molecular weight is 331 g/mol. The lowest BCUT2D eigenvalue weighted by molar-refractivity contribution is -0.141. The van der Waals surface area contributed by atoms with E-state index in [1.807, 2.05) is 18.2 Å². The molecule has 0 radical (unpaired) electrons. The van der Waals surface area contributed by atoms with Crippen molar-refractivity contribution in [1.29, 1.82) is 0 Å². The molecule has 0 saturated carbocycles. The quantitative estimate of drug-likeness (QED) is 0.814. The summed E-state index contributed by atoms with van der Waals surface area (Å²) in [7, 11) is 1.54. The van der Waals surface area contributed by atoms with E-state index in [1.165, 1.54) is 0 Å². The monoisotopic (exact) mass is 331 g/mol. The number of hydrogen-bond donors (Lipinski definition) is 2. The highest BCUT2D eigenvalue weighted by molar-refractivity contribution is 5.93. The standard InChI is InChI=1S/C18H21NO5/c1-11-8-12(2)24-16(11)17(20)19-10-14(18(21)22)9-13-6-4-5-7-15(13)23-3/h4-8,14H,9-10H2,1-3H3,(H,19,20)(H,21,22). The first-order valence-corrected chi connectivity index (χ1v) is 7.62. The summed E-state index contributed by atoms with van der Waals surface area (Å²) in [4.78, 5) is 23.7. The summed E-state index contributed by atoms with van der Waals surface area (Å²) >= 11 is 0. The van der Waals surface area contributed by atoms with Crippen LogP contribution in [0.25, 0.3) is 0 Å². The number of amides is 1. The van der Waals surface area contributed by atoms with Crippen molar-refractivity contribution in [2.75, 3.05) is 13.7 Å². The summed E-state index contributed by atoms with van der Waals surface area (Å²) in [6, 6.07) is 9.00. The van der Waals surface area contributed by atoms with Crippen LogP contribution in [-0.2, 0) is 11.2 Å². The van der Waals surface area contributed by atoms with Crippen molar-refractivity contribution in [3.63, 3.8) is 0 Å². The van der Waals surface area contributed by atoms with Gasteiger partial charge in [-0.15, -0.1) is 0 Å². The number of ether oxygens (including phenoxy) is 1. The van der Waals surface area contributed by atoms with E-state index in [2.05, 4.69) is 5.32 Å². The lowest BCUT2D eigenvalue weighted by atomic mass is 9.98. The summed E-state index contributed by atoms with van der Waals surface area (Å²) < 4.78 is 10.6. The van der Waals surface area contributed by atoms with E-state index in [-0.39, 0.29) is 18.7 Å². The molecule has 24 heavy (non-hydrogen) atoms. The predicted molar refractivity (Wildman–Crippen MR) is 88.3 cm³/mol. The van der Waals surface area contributed by atoms with Gasteiger partial charge in [-0.25, -0.2) is 0 Å². The van der Waals surface area contributed by atoms with Gasteiger partial charge in [-0.05, 0) is 38.0 Å².